The zero-order chi connectivity index (χ0) is 15.8. The quantitative estimate of drug-likeness (QED) is 0.937. The second kappa shape index (κ2) is 6.07. The molecule has 0 amide bonds. The lowest BCUT2D eigenvalue weighted by Crippen LogP contribution is -2.27. The minimum atomic E-state index is 0.709. The van der Waals surface area contributed by atoms with Crippen LogP contribution in [-0.2, 0) is 12.8 Å². The Morgan fingerprint density at radius 2 is 2.26 bits per heavy atom. The lowest BCUT2D eigenvalue weighted by molar-refractivity contribution is 0.301. The third-order valence-electron chi connectivity index (χ3n) is 5.48. The van der Waals surface area contributed by atoms with Crippen molar-refractivity contribution in [3.8, 4) is 0 Å². The average molecular weight is 314 g/mol. The highest BCUT2D eigenvalue weighted by molar-refractivity contribution is 5.53. The van der Waals surface area contributed by atoms with Crippen LogP contribution in [0, 0.1) is 5.92 Å². The van der Waals surface area contributed by atoms with E-state index < -0.39 is 0 Å². The fourth-order valence-electron chi connectivity index (χ4n) is 4.06. The van der Waals surface area contributed by atoms with Gasteiger partial charge < -0.3 is 10.2 Å². The fraction of sp³-hybridized carbons (Fsp3) is 0.706. The largest absolute Gasteiger partial charge is 0.370 e. The summed E-state index contributed by atoms with van der Waals surface area (Å²) in [5.74, 6) is 2.55. The van der Waals surface area contributed by atoms with E-state index in [0.29, 0.717) is 12.0 Å². The smallest absolute Gasteiger partial charge is 0.254 e. The van der Waals surface area contributed by atoms with Gasteiger partial charge in [-0.3, -0.25) is 0 Å². The van der Waals surface area contributed by atoms with E-state index in [1.807, 2.05) is 4.52 Å². The predicted molar refractivity (Wildman–Crippen MR) is 90.7 cm³/mol. The number of hydrogen-bond acceptors (Lipinski definition) is 5. The van der Waals surface area contributed by atoms with E-state index in [1.165, 1.54) is 43.5 Å². The van der Waals surface area contributed by atoms with Crippen LogP contribution in [0.25, 0.3) is 5.78 Å². The van der Waals surface area contributed by atoms with Crippen molar-refractivity contribution in [1.29, 1.82) is 0 Å². The lowest BCUT2D eigenvalue weighted by atomic mass is 9.88. The van der Waals surface area contributed by atoms with Crippen LogP contribution in [-0.4, -0.2) is 50.7 Å². The lowest BCUT2D eigenvalue weighted by Gasteiger charge is -2.24. The predicted octanol–water partition coefficient (Wildman–Crippen LogP) is 2.15. The average Bonchev–Trinajstić information content (AvgIpc) is 3.15. The van der Waals surface area contributed by atoms with Crippen LogP contribution in [0.3, 0.4) is 0 Å². The molecule has 0 unspecified atom stereocenters. The van der Waals surface area contributed by atoms with Gasteiger partial charge in [0.05, 0.1) is 5.69 Å². The Bertz CT molecular complexity index is 694. The third kappa shape index (κ3) is 2.80. The highest BCUT2D eigenvalue weighted by atomic mass is 15.4. The summed E-state index contributed by atoms with van der Waals surface area (Å²) in [7, 11) is 2.24. The first-order valence-corrected chi connectivity index (χ1v) is 8.88. The molecule has 2 aromatic rings. The van der Waals surface area contributed by atoms with Crippen LogP contribution >= 0.6 is 0 Å². The van der Waals surface area contributed by atoms with E-state index in [9.17, 15) is 0 Å². The van der Waals surface area contributed by atoms with Crippen molar-refractivity contribution in [2.75, 3.05) is 25.5 Å². The zero-order valence-electron chi connectivity index (χ0n) is 14.1. The number of likely N-dealkylation sites (tertiary alicyclic amines) is 1. The summed E-state index contributed by atoms with van der Waals surface area (Å²) in [4.78, 5) is 11.5. The molecule has 0 saturated carbocycles. The Labute approximate surface area is 137 Å². The Kier molecular flexibility index (Phi) is 3.93. The zero-order valence-corrected chi connectivity index (χ0v) is 14.1. The topological polar surface area (TPSA) is 58.4 Å². The van der Waals surface area contributed by atoms with Crippen LogP contribution in [0.2, 0.25) is 0 Å². The van der Waals surface area contributed by atoms with Gasteiger partial charge >= 0.3 is 0 Å². The van der Waals surface area contributed by atoms with Crippen molar-refractivity contribution in [3.05, 3.63) is 17.6 Å². The van der Waals surface area contributed by atoms with Crippen LogP contribution in [0.1, 0.15) is 43.9 Å². The van der Waals surface area contributed by atoms with Crippen molar-refractivity contribution in [2.24, 2.45) is 5.92 Å². The first-order chi connectivity index (χ1) is 11.2. The SMILES string of the molecule is C[C@@H]1CCc2c(nc3ncnn3c2NCC[C@H]2CCCN2C)C1. The highest BCUT2D eigenvalue weighted by Crippen LogP contribution is 2.30. The second-order valence-corrected chi connectivity index (χ2v) is 7.20. The summed E-state index contributed by atoms with van der Waals surface area (Å²) in [5, 5.41) is 8.04. The molecule has 6 nitrogen and oxygen atoms in total. The Balaban J connectivity index is 1.56. The van der Waals surface area contributed by atoms with Gasteiger partial charge in [0.1, 0.15) is 12.1 Å². The summed E-state index contributed by atoms with van der Waals surface area (Å²) < 4.78 is 1.88. The minimum Gasteiger partial charge on any atom is -0.370 e. The van der Waals surface area contributed by atoms with Gasteiger partial charge in [0.2, 0.25) is 0 Å². The molecule has 2 atom stereocenters. The molecule has 4 rings (SSSR count). The van der Waals surface area contributed by atoms with Crippen LogP contribution < -0.4 is 5.32 Å². The third-order valence-corrected chi connectivity index (χ3v) is 5.48. The first kappa shape index (κ1) is 14.9. The first-order valence-electron chi connectivity index (χ1n) is 8.88. The molecular weight excluding hydrogens is 288 g/mol. The molecule has 23 heavy (non-hydrogen) atoms. The molecule has 1 N–H and O–H groups in total. The summed E-state index contributed by atoms with van der Waals surface area (Å²) >= 11 is 0. The van der Waals surface area contributed by atoms with Gasteiger partial charge in [0.25, 0.3) is 5.78 Å². The fourth-order valence-corrected chi connectivity index (χ4v) is 4.06. The monoisotopic (exact) mass is 314 g/mol. The maximum absolute atomic E-state index is 4.73. The number of anilines is 1. The molecule has 2 aromatic heterocycles. The number of rotatable bonds is 4. The van der Waals surface area contributed by atoms with E-state index in [-0.39, 0.29) is 0 Å². The summed E-state index contributed by atoms with van der Waals surface area (Å²) in [6.45, 7) is 4.53. The maximum atomic E-state index is 4.73. The molecular formula is C17H26N6. The van der Waals surface area contributed by atoms with Crippen LogP contribution in [0.5, 0.6) is 0 Å². The molecule has 3 heterocycles. The molecule has 0 radical (unpaired) electrons. The van der Waals surface area contributed by atoms with Gasteiger partial charge in [-0.2, -0.15) is 14.6 Å². The Morgan fingerprint density at radius 3 is 3.09 bits per heavy atom. The molecule has 6 heteroatoms. The van der Waals surface area contributed by atoms with Gasteiger partial charge in [-0.15, -0.1) is 0 Å². The van der Waals surface area contributed by atoms with E-state index in [1.54, 1.807) is 6.33 Å². The molecule has 0 aromatic carbocycles. The van der Waals surface area contributed by atoms with Crippen molar-refractivity contribution in [1.82, 2.24) is 24.5 Å². The molecule has 124 valence electrons. The number of nitrogens with zero attached hydrogens (tertiary/aromatic N) is 5. The van der Waals surface area contributed by atoms with Gasteiger partial charge in [-0.05, 0) is 58.0 Å². The summed E-state index contributed by atoms with van der Waals surface area (Å²) in [6.07, 6.45) is 8.81. The van der Waals surface area contributed by atoms with Gasteiger partial charge in [-0.1, -0.05) is 6.92 Å². The van der Waals surface area contributed by atoms with E-state index >= 15 is 0 Å². The molecule has 0 spiro atoms. The van der Waals surface area contributed by atoms with Crippen LogP contribution in [0.15, 0.2) is 6.33 Å². The molecule has 0 bridgehead atoms. The molecule has 1 aliphatic carbocycles. The van der Waals surface area contributed by atoms with Crippen molar-refractivity contribution < 1.29 is 0 Å². The highest BCUT2D eigenvalue weighted by Gasteiger charge is 2.24. The van der Waals surface area contributed by atoms with E-state index in [2.05, 4.69) is 34.3 Å². The van der Waals surface area contributed by atoms with Crippen molar-refractivity contribution >= 4 is 11.6 Å². The van der Waals surface area contributed by atoms with Crippen molar-refractivity contribution in [3.63, 3.8) is 0 Å². The van der Waals surface area contributed by atoms with Gasteiger partial charge in [0.15, 0.2) is 0 Å². The molecule has 1 fully saturated rings. The summed E-state index contributed by atoms with van der Waals surface area (Å²) in [6, 6.07) is 0.714. The van der Waals surface area contributed by atoms with Gasteiger partial charge in [-0.25, -0.2) is 4.98 Å². The number of nitrogens with one attached hydrogen (secondary N) is 1. The molecule has 2 aliphatic rings. The number of aromatic nitrogens is 4. The Hall–Kier alpha value is -1.69. The normalized spacial score (nSPS) is 25.0. The molecule has 1 aliphatic heterocycles. The summed E-state index contributed by atoms with van der Waals surface area (Å²) in [5.41, 5.74) is 2.56. The van der Waals surface area contributed by atoms with Crippen molar-refractivity contribution in [2.45, 2.75) is 51.5 Å². The number of fused-ring (bicyclic) bond motifs is 2. The minimum absolute atomic E-state index is 0.709. The maximum Gasteiger partial charge on any atom is 0.254 e. The molecule has 1 saturated heterocycles. The van der Waals surface area contributed by atoms with E-state index in [0.717, 1.165) is 31.0 Å². The van der Waals surface area contributed by atoms with Crippen LogP contribution in [0.4, 0.5) is 5.82 Å². The number of hydrogen-bond donors (Lipinski definition) is 1. The van der Waals surface area contributed by atoms with E-state index in [4.69, 9.17) is 4.98 Å². The standard InChI is InChI=1S/C17H26N6/c1-12-5-6-14-15(10-12)21-17-19-11-20-23(17)16(14)18-8-7-13-4-3-9-22(13)2/h11-13,18H,3-10H2,1-2H3/t12-,13-/m1/s1. The Morgan fingerprint density at radius 1 is 1.35 bits per heavy atom. The second-order valence-electron chi connectivity index (χ2n) is 7.20. The van der Waals surface area contributed by atoms with Gasteiger partial charge in [0, 0.05) is 18.2 Å².